The van der Waals surface area contributed by atoms with E-state index < -0.39 is 6.36 Å². The van der Waals surface area contributed by atoms with Crippen LogP contribution in [-0.4, -0.2) is 6.36 Å². The number of ether oxygens (including phenoxy) is 1. The standard InChI is InChI=1S/C21H25F3O/c1-4-17(10-7-16(3)18-8-5-15(2)6-9-18)19-11-13-20(14-12-19)25-21(22,23)24/h4,7,10-15,18H,3,5-6,8-9H2,1-2H3/b10-7-,17-4+. The van der Waals surface area contributed by atoms with E-state index in [1.165, 1.54) is 37.8 Å². The Bertz CT molecular complexity index is 630. The molecule has 0 spiro atoms. The number of allylic oxidation sites excluding steroid dienone is 5. The Morgan fingerprint density at radius 1 is 1.08 bits per heavy atom. The van der Waals surface area contributed by atoms with Crippen LogP contribution in [0.3, 0.4) is 0 Å². The summed E-state index contributed by atoms with van der Waals surface area (Å²) in [6, 6.07) is 5.92. The van der Waals surface area contributed by atoms with E-state index in [2.05, 4.69) is 18.2 Å². The molecular formula is C21H25F3O. The Morgan fingerprint density at radius 2 is 1.68 bits per heavy atom. The molecule has 136 valence electrons. The van der Waals surface area contributed by atoms with Gasteiger partial charge in [-0.3, -0.25) is 0 Å². The maximum atomic E-state index is 12.2. The van der Waals surface area contributed by atoms with Gasteiger partial charge in [-0.15, -0.1) is 13.2 Å². The van der Waals surface area contributed by atoms with Crippen LogP contribution in [0.5, 0.6) is 5.75 Å². The van der Waals surface area contributed by atoms with Crippen LogP contribution < -0.4 is 4.74 Å². The smallest absolute Gasteiger partial charge is 0.406 e. The number of rotatable bonds is 5. The molecule has 0 bridgehead atoms. The molecule has 0 radical (unpaired) electrons. The van der Waals surface area contributed by atoms with Crippen molar-refractivity contribution in [3.8, 4) is 5.75 Å². The summed E-state index contributed by atoms with van der Waals surface area (Å²) in [7, 11) is 0. The molecule has 1 aromatic carbocycles. The van der Waals surface area contributed by atoms with E-state index in [-0.39, 0.29) is 5.75 Å². The molecule has 0 heterocycles. The molecule has 4 heteroatoms. The monoisotopic (exact) mass is 350 g/mol. The first kappa shape index (κ1) is 19.4. The van der Waals surface area contributed by atoms with Crippen molar-refractivity contribution in [1.29, 1.82) is 0 Å². The van der Waals surface area contributed by atoms with E-state index in [1.807, 2.05) is 25.2 Å². The SMILES string of the molecule is C=C(/C=C\C(=C/C)c1ccc(OC(F)(F)F)cc1)C1CCC(C)CC1. The molecule has 0 amide bonds. The molecule has 1 fully saturated rings. The van der Waals surface area contributed by atoms with Crippen LogP contribution in [0.25, 0.3) is 5.57 Å². The molecule has 2 rings (SSSR count). The minimum Gasteiger partial charge on any atom is -0.406 e. The third-order valence-electron chi connectivity index (χ3n) is 4.75. The molecule has 1 aliphatic rings. The number of alkyl halides is 3. The lowest BCUT2D eigenvalue weighted by atomic mass is 9.79. The molecule has 25 heavy (non-hydrogen) atoms. The molecule has 0 atom stereocenters. The molecule has 0 aromatic heterocycles. The zero-order valence-corrected chi connectivity index (χ0v) is 14.8. The van der Waals surface area contributed by atoms with Crippen molar-refractivity contribution in [1.82, 2.24) is 0 Å². The summed E-state index contributed by atoms with van der Waals surface area (Å²) in [6.07, 6.45) is 6.14. The average Bonchev–Trinajstić information content (AvgIpc) is 2.56. The topological polar surface area (TPSA) is 9.23 Å². The summed E-state index contributed by atoms with van der Waals surface area (Å²) < 4.78 is 40.6. The van der Waals surface area contributed by atoms with Crippen LogP contribution in [0.4, 0.5) is 13.2 Å². The van der Waals surface area contributed by atoms with Crippen LogP contribution in [0.1, 0.15) is 45.1 Å². The van der Waals surface area contributed by atoms with Crippen molar-refractivity contribution in [2.45, 2.75) is 45.9 Å². The van der Waals surface area contributed by atoms with Gasteiger partial charge in [0.2, 0.25) is 0 Å². The van der Waals surface area contributed by atoms with Crippen molar-refractivity contribution < 1.29 is 17.9 Å². The summed E-state index contributed by atoms with van der Waals surface area (Å²) in [6.45, 7) is 8.40. The van der Waals surface area contributed by atoms with E-state index in [9.17, 15) is 13.2 Å². The van der Waals surface area contributed by atoms with Crippen molar-refractivity contribution in [3.63, 3.8) is 0 Å². The van der Waals surface area contributed by atoms with Crippen LogP contribution in [0.15, 0.2) is 54.6 Å². The quantitative estimate of drug-likeness (QED) is 0.523. The van der Waals surface area contributed by atoms with Gasteiger partial charge in [0.25, 0.3) is 0 Å². The van der Waals surface area contributed by atoms with Gasteiger partial charge in [0.05, 0.1) is 0 Å². The first-order chi connectivity index (χ1) is 11.8. The van der Waals surface area contributed by atoms with Crippen molar-refractivity contribution >= 4 is 5.57 Å². The predicted octanol–water partition coefficient (Wildman–Crippen LogP) is 6.93. The third-order valence-corrected chi connectivity index (χ3v) is 4.75. The first-order valence-electron chi connectivity index (χ1n) is 8.68. The Labute approximate surface area is 147 Å². The van der Waals surface area contributed by atoms with Gasteiger partial charge in [-0.1, -0.05) is 62.3 Å². The zero-order valence-electron chi connectivity index (χ0n) is 14.8. The zero-order chi connectivity index (χ0) is 18.4. The lowest BCUT2D eigenvalue weighted by Crippen LogP contribution is -2.16. The molecule has 0 unspecified atom stereocenters. The molecule has 0 N–H and O–H groups in total. The second kappa shape index (κ2) is 8.41. The van der Waals surface area contributed by atoms with E-state index in [0.717, 1.165) is 22.6 Å². The molecular weight excluding hydrogens is 325 g/mol. The highest BCUT2D eigenvalue weighted by atomic mass is 19.4. The Hall–Kier alpha value is -1.97. The average molecular weight is 350 g/mol. The number of halogens is 3. The van der Waals surface area contributed by atoms with Gasteiger partial charge in [-0.05, 0) is 54.9 Å². The first-order valence-corrected chi connectivity index (χ1v) is 8.68. The van der Waals surface area contributed by atoms with Crippen molar-refractivity contribution in [3.05, 3.63) is 60.2 Å². The second-order valence-electron chi connectivity index (χ2n) is 6.68. The highest BCUT2D eigenvalue weighted by Crippen LogP contribution is 2.33. The van der Waals surface area contributed by atoms with E-state index >= 15 is 0 Å². The fourth-order valence-corrected chi connectivity index (χ4v) is 3.17. The van der Waals surface area contributed by atoms with Crippen molar-refractivity contribution in [2.24, 2.45) is 11.8 Å². The molecule has 1 nitrogen and oxygen atoms in total. The maximum absolute atomic E-state index is 12.2. The summed E-state index contributed by atoms with van der Waals surface area (Å²) in [5.41, 5.74) is 2.92. The summed E-state index contributed by atoms with van der Waals surface area (Å²) in [5.74, 6) is 1.13. The predicted molar refractivity (Wildman–Crippen MR) is 96.2 cm³/mol. The lowest BCUT2D eigenvalue weighted by molar-refractivity contribution is -0.274. The summed E-state index contributed by atoms with van der Waals surface area (Å²) >= 11 is 0. The third kappa shape index (κ3) is 6.11. The lowest BCUT2D eigenvalue weighted by Gasteiger charge is -2.26. The van der Waals surface area contributed by atoms with Gasteiger partial charge < -0.3 is 4.74 Å². The second-order valence-corrected chi connectivity index (χ2v) is 6.68. The Kier molecular flexibility index (Phi) is 6.51. The van der Waals surface area contributed by atoms with E-state index in [0.29, 0.717) is 5.92 Å². The van der Waals surface area contributed by atoms with Crippen LogP contribution in [0, 0.1) is 11.8 Å². The van der Waals surface area contributed by atoms with Gasteiger partial charge in [0.1, 0.15) is 5.75 Å². The molecule has 1 aromatic rings. The molecule has 0 saturated heterocycles. The number of hydrogen-bond donors (Lipinski definition) is 0. The number of benzene rings is 1. The van der Waals surface area contributed by atoms with Gasteiger partial charge in [-0.2, -0.15) is 0 Å². The van der Waals surface area contributed by atoms with Crippen molar-refractivity contribution in [2.75, 3.05) is 0 Å². The van der Waals surface area contributed by atoms with E-state index in [4.69, 9.17) is 0 Å². The van der Waals surface area contributed by atoms with E-state index in [1.54, 1.807) is 12.1 Å². The highest BCUT2D eigenvalue weighted by Gasteiger charge is 2.30. The van der Waals surface area contributed by atoms with Gasteiger partial charge in [0.15, 0.2) is 0 Å². The largest absolute Gasteiger partial charge is 0.573 e. The normalized spacial score (nSPS) is 22.2. The fourth-order valence-electron chi connectivity index (χ4n) is 3.17. The van der Waals surface area contributed by atoms with Crippen LogP contribution >= 0.6 is 0 Å². The molecule has 1 aliphatic carbocycles. The highest BCUT2D eigenvalue weighted by molar-refractivity contribution is 5.74. The summed E-state index contributed by atoms with van der Waals surface area (Å²) in [5, 5.41) is 0. The Balaban J connectivity index is 2.01. The van der Waals surface area contributed by atoms with Gasteiger partial charge >= 0.3 is 6.36 Å². The van der Waals surface area contributed by atoms with Gasteiger partial charge in [0, 0.05) is 0 Å². The fraction of sp³-hybridized carbons (Fsp3) is 0.429. The molecule has 1 saturated carbocycles. The Morgan fingerprint density at radius 3 is 2.20 bits per heavy atom. The summed E-state index contributed by atoms with van der Waals surface area (Å²) in [4.78, 5) is 0. The maximum Gasteiger partial charge on any atom is 0.573 e. The minimum atomic E-state index is -4.67. The van der Waals surface area contributed by atoms with Crippen LogP contribution in [-0.2, 0) is 0 Å². The van der Waals surface area contributed by atoms with Crippen LogP contribution in [0.2, 0.25) is 0 Å². The van der Waals surface area contributed by atoms with Gasteiger partial charge in [-0.25, -0.2) is 0 Å². The molecule has 0 aliphatic heterocycles. The minimum absolute atomic E-state index is 0.212. The number of hydrogen-bond acceptors (Lipinski definition) is 1.